The topological polar surface area (TPSA) is 89.0 Å². The van der Waals surface area contributed by atoms with Gasteiger partial charge in [-0.1, -0.05) is 18.2 Å². The lowest BCUT2D eigenvalue weighted by Crippen LogP contribution is -2.29. The molecule has 130 valence electrons. The molecule has 0 aliphatic rings. The predicted octanol–water partition coefficient (Wildman–Crippen LogP) is 2.53. The van der Waals surface area contributed by atoms with E-state index >= 15 is 0 Å². The molecule has 2 N–H and O–H groups in total. The molecule has 0 bridgehead atoms. The van der Waals surface area contributed by atoms with Crippen LogP contribution in [0.2, 0.25) is 0 Å². The van der Waals surface area contributed by atoms with Crippen LogP contribution in [-0.4, -0.2) is 27.8 Å². The summed E-state index contributed by atoms with van der Waals surface area (Å²) < 4.78 is 6.23. The van der Waals surface area contributed by atoms with Crippen molar-refractivity contribution in [1.82, 2.24) is 14.8 Å². The molecule has 7 nitrogen and oxygen atoms in total. The number of H-pyrrole nitrogens is 1. The summed E-state index contributed by atoms with van der Waals surface area (Å²) in [5.41, 5.74) is 1.60. The van der Waals surface area contributed by atoms with Crippen LogP contribution in [0, 0.1) is 0 Å². The van der Waals surface area contributed by atoms with Gasteiger partial charge in [0.15, 0.2) is 0 Å². The number of ether oxygens (including phenoxy) is 1. The van der Waals surface area contributed by atoms with Crippen LogP contribution in [-0.2, 0) is 11.3 Å². The average Bonchev–Trinajstić information content (AvgIpc) is 3.04. The van der Waals surface area contributed by atoms with E-state index < -0.39 is 0 Å². The van der Waals surface area contributed by atoms with E-state index in [-0.39, 0.29) is 18.0 Å². The van der Waals surface area contributed by atoms with E-state index in [4.69, 9.17) is 4.74 Å². The number of amides is 1. The van der Waals surface area contributed by atoms with Crippen LogP contribution in [0.1, 0.15) is 0 Å². The molecular formula is C19H16N4O3. The summed E-state index contributed by atoms with van der Waals surface area (Å²) in [7, 11) is 1.58. The van der Waals surface area contributed by atoms with Gasteiger partial charge in [-0.05, 0) is 30.3 Å². The lowest BCUT2D eigenvalue weighted by molar-refractivity contribution is -0.117. The summed E-state index contributed by atoms with van der Waals surface area (Å²) in [6.45, 7) is -0.170. The Bertz CT molecular complexity index is 1160. The number of methoxy groups -OCH3 is 1. The number of fused-ring (bicyclic) bond motifs is 3. The Hall–Kier alpha value is -3.61. The van der Waals surface area contributed by atoms with Crippen LogP contribution in [0.15, 0.2) is 59.5 Å². The highest BCUT2D eigenvalue weighted by molar-refractivity contribution is 6.06. The summed E-state index contributed by atoms with van der Waals surface area (Å²) in [6.07, 6.45) is 1.61. The van der Waals surface area contributed by atoms with Crippen LogP contribution in [0.3, 0.4) is 0 Å². The van der Waals surface area contributed by atoms with Gasteiger partial charge in [0.25, 0.3) is 5.56 Å². The molecule has 2 aromatic carbocycles. The number of carbonyl (C=O) groups is 1. The van der Waals surface area contributed by atoms with E-state index in [9.17, 15) is 9.59 Å². The van der Waals surface area contributed by atoms with Crippen LogP contribution < -0.4 is 15.6 Å². The maximum Gasteiger partial charge on any atom is 0.291 e. The summed E-state index contributed by atoms with van der Waals surface area (Å²) in [5, 5.41) is 8.56. The highest BCUT2D eigenvalue weighted by atomic mass is 16.5. The molecule has 26 heavy (non-hydrogen) atoms. The van der Waals surface area contributed by atoms with Gasteiger partial charge in [-0.2, -0.15) is 5.10 Å². The minimum absolute atomic E-state index is 0.170. The van der Waals surface area contributed by atoms with Gasteiger partial charge < -0.3 is 15.0 Å². The third-order valence-corrected chi connectivity index (χ3v) is 4.19. The smallest absolute Gasteiger partial charge is 0.291 e. The zero-order valence-electron chi connectivity index (χ0n) is 14.0. The molecule has 7 heteroatoms. The second kappa shape index (κ2) is 6.36. The molecule has 0 radical (unpaired) electrons. The van der Waals surface area contributed by atoms with Crippen LogP contribution in [0.4, 0.5) is 5.69 Å². The number of nitrogens with one attached hydrogen (secondary N) is 2. The number of benzene rings is 2. The van der Waals surface area contributed by atoms with Gasteiger partial charge in [0.1, 0.15) is 17.8 Å². The molecule has 0 fully saturated rings. The van der Waals surface area contributed by atoms with Gasteiger partial charge in [0.05, 0.1) is 13.3 Å². The van der Waals surface area contributed by atoms with E-state index in [1.807, 2.05) is 24.3 Å². The Morgan fingerprint density at radius 2 is 1.92 bits per heavy atom. The third kappa shape index (κ3) is 2.79. The van der Waals surface area contributed by atoms with Crippen LogP contribution in [0.5, 0.6) is 5.75 Å². The summed E-state index contributed by atoms with van der Waals surface area (Å²) >= 11 is 0. The average molecular weight is 348 g/mol. The van der Waals surface area contributed by atoms with Crippen molar-refractivity contribution in [2.45, 2.75) is 6.54 Å². The second-order valence-electron chi connectivity index (χ2n) is 5.84. The zero-order chi connectivity index (χ0) is 18.1. The second-order valence-corrected chi connectivity index (χ2v) is 5.84. The van der Waals surface area contributed by atoms with E-state index in [1.54, 1.807) is 37.6 Å². The van der Waals surface area contributed by atoms with Gasteiger partial charge in [0.2, 0.25) is 5.91 Å². The number of aromatic amines is 1. The summed E-state index contributed by atoms with van der Waals surface area (Å²) in [6, 6.07) is 14.6. The first-order valence-electron chi connectivity index (χ1n) is 8.06. The van der Waals surface area contributed by atoms with Crippen molar-refractivity contribution in [3.8, 4) is 5.75 Å². The molecule has 4 aromatic rings. The number of anilines is 1. The van der Waals surface area contributed by atoms with Crippen molar-refractivity contribution >= 4 is 33.4 Å². The van der Waals surface area contributed by atoms with Gasteiger partial charge in [-0.25, -0.2) is 4.68 Å². The van der Waals surface area contributed by atoms with Gasteiger partial charge in [-0.3, -0.25) is 9.59 Å². The van der Waals surface area contributed by atoms with E-state index in [2.05, 4.69) is 15.4 Å². The van der Waals surface area contributed by atoms with Crippen molar-refractivity contribution in [2.24, 2.45) is 0 Å². The third-order valence-electron chi connectivity index (χ3n) is 4.19. The molecule has 0 saturated carbocycles. The Morgan fingerprint density at radius 3 is 2.69 bits per heavy atom. The highest BCUT2D eigenvalue weighted by Crippen LogP contribution is 2.21. The van der Waals surface area contributed by atoms with E-state index in [0.29, 0.717) is 17.0 Å². The van der Waals surface area contributed by atoms with Crippen molar-refractivity contribution in [3.05, 3.63) is 65.1 Å². The minimum atomic E-state index is -0.333. The van der Waals surface area contributed by atoms with Crippen molar-refractivity contribution in [2.75, 3.05) is 12.4 Å². The standard InChI is InChI=1S/C19H16N4O3/c1-26-13-8-6-12(7-9-13)21-17(24)11-23-19(25)18-15(10-20-23)14-4-2-3-5-16(14)22-18/h2-10,22H,11H2,1H3,(H,21,24). The Labute approximate surface area is 148 Å². The number of carbonyl (C=O) groups excluding carboxylic acids is 1. The maximum atomic E-state index is 12.6. The van der Waals surface area contributed by atoms with Crippen molar-refractivity contribution in [1.29, 1.82) is 0 Å². The number of hydrogen-bond donors (Lipinski definition) is 2. The molecule has 0 atom stereocenters. The summed E-state index contributed by atoms with van der Waals surface area (Å²) in [5.74, 6) is 0.366. The highest BCUT2D eigenvalue weighted by Gasteiger charge is 2.12. The first-order chi connectivity index (χ1) is 12.7. The number of hydrogen-bond acceptors (Lipinski definition) is 4. The van der Waals surface area contributed by atoms with Crippen molar-refractivity contribution in [3.63, 3.8) is 0 Å². The normalized spacial score (nSPS) is 11.0. The van der Waals surface area contributed by atoms with Crippen LogP contribution in [0.25, 0.3) is 21.8 Å². The molecule has 0 saturated heterocycles. The Kier molecular flexibility index (Phi) is 3.89. The molecule has 0 spiro atoms. The van der Waals surface area contributed by atoms with E-state index in [0.717, 1.165) is 21.0 Å². The molecule has 2 heterocycles. The largest absolute Gasteiger partial charge is 0.497 e. The first-order valence-corrected chi connectivity index (χ1v) is 8.06. The lowest BCUT2D eigenvalue weighted by Gasteiger charge is -2.07. The molecule has 4 rings (SSSR count). The van der Waals surface area contributed by atoms with Crippen molar-refractivity contribution < 1.29 is 9.53 Å². The quantitative estimate of drug-likeness (QED) is 0.593. The Morgan fingerprint density at radius 1 is 1.15 bits per heavy atom. The molecule has 0 unspecified atom stereocenters. The monoisotopic (exact) mass is 348 g/mol. The first kappa shape index (κ1) is 15.9. The SMILES string of the molecule is COc1ccc(NC(=O)Cn2ncc3c([nH]c4ccccc43)c2=O)cc1. The minimum Gasteiger partial charge on any atom is -0.497 e. The summed E-state index contributed by atoms with van der Waals surface area (Å²) in [4.78, 5) is 28.0. The molecular weight excluding hydrogens is 332 g/mol. The fourth-order valence-electron chi connectivity index (χ4n) is 2.90. The van der Waals surface area contributed by atoms with Gasteiger partial charge in [-0.15, -0.1) is 0 Å². The number of nitrogens with zero attached hydrogens (tertiary/aromatic N) is 2. The fraction of sp³-hybridized carbons (Fsp3) is 0.105. The maximum absolute atomic E-state index is 12.6. The Balaban J connectivity index is 1.60. The zero-order valence-corrected chi connectivity index (χ0v) is 14.0. The molecule has 0 aliphatic carbocycles. The van der Waals surface area contributed by atoms with Gasteiger partial charge >= 0.3 is 0 Å². The van der Waals surface area contributed by atoms with Gasteiger partial charge in [0, 0.05) is 22.0 Å². The number of aromatic nitrogens is 3. The van der Waals surface area contributed by atoms with E-state index in [1.165, 1.54) is 0 Å². The van der Waals surface area contributed by atoms with Crippen LogP contribution >= 0.6 is 0 Å². The number of para-hydroxylation sites is 1. The molecule has 2 aromatic heterocycles. The molecule has 1 amide bonds. The number of rotatable bonds is 4. The predicted molar refractivity (Wildman–Crippen MR) is 99.5 cm³/mol. The fourth-order valence-corrected chi connectivity index (χ4v) is 2.90. The molecule has 0 aliphatic heterocycles. The lowest BCUT2D eigenvalue weighted by atomic mass is 10.2.